The van der Waals surface area contributed by atoms with E-state index in [2.05, 4.69) is 22.6 Å². The molecule has 0 N–H and O–H groups in total. The molecule has 0 radical (unpaired) electrons. The van der Waals surface area contributed by atoms with E-state index >= 15 is 0 Å². The zero-order valence-corrected chi connectivity index (χ0v) is 7.63. The van der Waals surface area contributed by atoms with Gasteiger partial charge in [0.15, 0.2) is 11.4 Å². The van der Waals surface area contributed by atoms with Crippen molar-refractivity contribution in [2.45, 2.75) is 0 Å². The third kappa shape index (κ3) is 1.03. The van der Waals surface area contributed by atoms with E-state index in [0.717, 1.165) is 8.96 Å². The molecule has 2 rings (SSSR count). The molecule has 56 valence electrons. The van der Waals surface area contributed by atoms with Gasteiger partial charge in [-0.25, -0.2) is 4.39 Å². The van der Waals surface area contributed by atoms with Crippen molar-refractivity contribution in [3.8, 4) is 0 Å². The molecule has 0 aliphatic heterocycles. The zero-order valence-electron chi connectivity index (χ0n) is 5.47. The second-order valence-corrected chi connectivity index (χ2v) is 3.36. The van der Waals surface area contributed by atoms with Gasteiger partial charge in [0, 0.05) is 5.39 Å². The highest BCUT2D eigenvalue weighted by Gasteiger charge is 2.05. The van der Waals surface area contributed by atoms with Gasteiger partial charge in [0.2, 0.25) is 0 Å². The van der Waals surface area contributed by atoms with Gasteiger partial charge in [-0.15, -0.1) is 0 Å². The van der Waals surface area contributed by atoms with Crippen LogP contribution < -0.4 is 0 Å². The van der Waals surface area contributed by atoms with Gasteiger partial charge < -0.3 is 4.42 Å². The molecule has 0 aliphatic carbocycles. The molecule has 3 heteroatoms. The average molecular weight is 262 g/mol. The fraction of sp³-hybridized carbons (Fsp3) is 0. The second-order valence-electron chi connectivity index (χ2n) is 2.20. The Labute approximate surface area is 76.3 Å². The number of benzene rings is 1. The maximum atomic E-state index is 12.9. The number of hydrogen-bond acceptors (Lipinski definition) is 1. The van der Waals surface area contributed by atoms with E-state index in [1.54, 1.807) is 12.3 Å². The van der Waals surface area contributed by atoms with Crippen molar-refractivity contribution in [1.82, 2.24) is 0 Å². The van der Waals surface area contributed by atoms with Crippen LogP contribution in [0, 0.1) is 9.39 Å². The molecule has 0 amide bonds. The van der Waals surface area contributed by atoms with E-state index in [4.69, 9.17) is 4.42 Å². The van der Waals surface area contributed by atoms with Crippen molar-refractivity contribution in [3.63, 3.8) is 0 Å². The summed E-state index contributed by atoms with van der Waals surface area (Å²) in [6.45, 7) is 0. The first-order chi connectivity index (χ1) is 5.29. The number of para-hydroxylation sites is 1. The van der Waals surface area contributed by atoms with Gasteiger partial charge in [-0.3, -0.25) is 0 Å². The Morgan fingerprint density at radius 2 is 2.18 bits per heavy atom. The lowest BCUT2D eigenvalue weighted by atomic mass is 10.2. The average Bonchev–Trinajstić information content (AvgIpc) is 2.35. The summed E-state index contributed by atoms with van der Waals surface area (Å²) in [5, 5.41) is 0.839. The molecule has 0 aliphatic rings. The Morgan fingerprint density at radius 3 is 2.91 bits per heavy atom. The van der Waals surface area contributed by atoms with Gasteiger partial charge in [-0.05, 0) is 34.7 Å². The maximum absolute atomic E-state index is 12.9. The van der Waals surface area contributed by atoms with Crippen LogP contribution in [0.2, 0.25) is 0 Å². The summed E-state index contributed by atoms with van der Waals surface area (Å²) in [6.07, 6.45) is 1.55. The largest absolute Gasteiger partial charge is 0.460 e. The Balaban J connectivity index is 2.94. The van der Waals surface area contributed by atoms with Crippen molar-refractivity contribution >= 4 is 33.6 Å². The second kappa shape index (κ2) is 2.48. The molecule has 2 aromatic rings. The lowest BCUT2D eigenvalue weighted by molar-refractivity contribution is 0.559. The molecular formula is C8H4FIO. The Bertz CT molecular complexity index is 394. The molecule has 0 bridgehead atoms. The number of halogens is 2. The summed E-state index contributed by atoms with van der Waals surface area (Å²) in [6, 6.07) is 4.90. The summed E-state index contributed by atoms with van der Waals surface area (Å²) >= 11 is 2.11. The van der Waals surface area contributed by atoms with E-state index < -0.39 is 0 Å². The minimum atomic E-state index is -0.301. The molecule has 1 heterocycles. The standard InChI is InChI=1S/C8H4FIO/c9-6-3-1-2-5-7(10)4-11-8(5)6/h1-4H. The molecule has 1 aromatic carbocycles. The first kappa shape index (κ1) is 7.09. The van der Waals surface area contributed by atoms with E-state index in [0.29, 0.717) is 5.58 Å². The van der Waals surface area contributed by atoms with Crippen LogP contribution in [0.5, 0.6) is 0 Å². The quantitative estimate of drug-likeness (QED) is 0.664. The molecule has 1 aromatic heterocycles. The van der Waals surface area contributed by atoms with Crippen molar-refractivity contribution < 1.29 is 8.81 Å². The van der Waals surface area contributed by atoms with E-state index in [1.807, 2.05) is 6.07 Å². The molecule has 0 saturated heterocycles. The maximum Gasteiger partial charge on any atom is 0.170 e. The van der Waals surface area contributed by atoms with Crippen molar-refractivity contribution in [3.05, 3.63) is 33.8 Å². The number of rotatable bonds is 0. The molecule has 0 unspecified atom stereocenters. The van der Waals surface area contributed by atoms with Gasteiger partial charge in [0.25, 0.3) is 0 Å². The molecule has 0 spiro atoms. The number of hydrogen-bond donors (Lipinski definition) is 0. The predicted octanol–water partition coefficient (Wildman–Crippen LogP) is 3.18. The topological polar surface area (TPSA) is 13.1 Å². The van der Waals surface area contributed by atoms with Crippen molar-refractivity contribution in [2.24, 2.45) is 0 Å². The highest BCUT2D eigenvalue weighted by atomic mass is 127. The van der Waals surface area contributed by atoms with E-state index in [-0.39, 0.29) is 5.82 Å². The fourth-order valence-corrected chi connectivity index (χ4v) is 1.54. The third-order valence-corrected chi connectivity index (χ3v) is 2.34. The summed E-state index contributed by atoms with van der Waals surface area (Å²) in [4.78, 5) is 0. The van der Waals surface area contributed by atoms with Crippen LogP contribution in [0.15, 0.2) is 28.9 Å². The van der Waals surface area contributed by atoms with Gasteiger partial charge in [-0.2, -0.15) is 0 Å². The Hall–Kier alpha value is -0.580. The summed E-state index contributed by atoms with van der Waals surface area (Å²) in [5.74, 6) is -0.301. The normalized spacial score (nSPS) is 10.7. The van der Waals surface area contributed by atoms with Gasteiger partial charge >= 0.3 is 0 Å². The fourth-order valence-electron chi connectivity index (χ4n) is 0.991. The van der Waals surface area contributed by atoms with E-state index in [9.17, 15) is 4.39 Å². The van der Waals surface area contributed by atoms with Gasteiger partial charge in [-0.1, -0.05) is 6.07 Å². The van der Waals surface area contributed by atoms with Gasteiger partial charge in [0.1, 0.15) is 6.26 Å². The summed E-state index contributed by atoms with van der Waals surface area (Å²) in [7, 11) is 0. The predicted molar refractivity (Wildman–Crippen MR) is 48.9 cm³/mol. The minimum Gasteiger partial charge on any atom is -0.460 e. The lowest BCUT2D eigenvalue weighted by Crippen LogP contribution is -1.72. The first-order valence-electron chi connectivity index (χ1n) is 3.10. The molecule has 0 saturated carbocycles. The number of fused-ring (bicyclic) bond motifs is 1. The highest BCUT2D eigenvalue weighted by Crippen LogP contribution is 2.24. The monoisotopic (exact) mass is 262 g/mol. The molecule has 0 atom stereocenters. The van der Waals surface area contributed by atoms with Crippen LogP contribution in [0.1, 0.15) is 0 Å². The van der Waals surface area contributed by atoms with Crippen LogP contribution in [0.4, 0.5) is 4.39 Å². The Morgan fingerprint density at radius 1 is 1.36 bits per heavy atom. The Kier molecular flexibility index (Phi) is 1.60. The minimum absolute atomic E-state index is 0.301. The SMILES string of the molecule is Fc1cccc2c(I)coc12. The molecular weight excluding hydrogens is 258 g/mol. The van der Waals surface area contributed by atoms with Crippen molar-refractivity contribution in [1.29, 1.82) is 0 Å². The van der Waals surface area contributed by atoms with E-state index in [1.165, 1.54) is 6.07 Å². The van der Waals surface area contributed by atoms with Crippen LogP contribution in [0.3, 0.4) is 0 Å². The van der Waals surface area contributed by atoms with Crippen LogP contribution in [-0.4, -0.2) is 0 Å². The zero-order chi connectivity index (χ0) is 7.84. The molecule has 0 fully saturated rings. The van der Waals surface area contributed by atoms with Crippen LogP contribution >= 0.6 is 22.6 Å². The molecule has 11 heavy (non-hydrogen) atoms. The van der Waals surface area contributed by atoms with Crippen molar-refractivity contribution in [2.75, 3.05) is 0 Å². The first-order valence-corrected chi connectivity index (χ1v) is 4.18. The van der Waals surface area contributed by atoms with Gasteiger partial charge in [0.05, 0.1) is 3.57 Å². The highest BCUT2D eigenvalue weighted by molar-refractivity contribution is 14.1. The molecule has 1 nitrogen and oxygen atoms in total. The third-order valence-electron chi connectivity index (χ3n) is 1.50. The smallest absolute Gasteiger partial charge is 0.170 e. The van der Waals surface area contributed by atoms with Crippen LogP contribution in [-0.2, 0) is 0 Å². The summed E-state index contributed by atoms with van der Waals surface area (Å²) in [5.41, 5.74) is 0.344. The van der Waals surface area contributed by atoms with Crippen LogP contribution in [0.25, 0.3) is 11.0 Å². The lowest BCUT2D eigenvalue weighted by Gasteiger charge is -1.88. The summed E-state index contributed by atoms with van der Waals surface area (Å²) < 4.78 is 18.8. The number of furan rings is 1.